The number of nitrogens with zero attached hydrogens (tertiary/aromatic N) is 1. The van der Waals surface area contributed by atoms with Crippen LogP contribution in [0.4, 0.5) is 0 Å². The molecule has 2 aromatic rings. The van der Waals surface area contributed by atoms with Crippen molar-refractivity contribution in [2.45, 2.75) is 25.3 Å². The van der Waals surface area contributed by atoms with Crippen LogP contribution in [0.2, 0.25) is 0 Å². The quantitative estimate of drug-likeness (QED) is 0.757. The van der Waals surface area contributed by atoms with Crippen LogP contribution in [0.5, 0.6) is 0 Å². The fourth-order valence-corrected chi connectivity index (χ4v) is 3.18. The molecule has 4 N–H and O–H groups in total. The fourth-order valence-electron chi connectivity index (χ4n) is 2.88. The zero-order valence-electron chi connectivity index (χ0n) is 11.6. The summed E-state index contributed by atoms with van der Waals surface area (Å²) in [6.07, 6.45) is 7.83. The van der Waals surface area contributed by atoms with Crippen molar-refractivity contribution < 1.29 is 0 Å². The minimum absolute atomic E-state index is 0.148. The van der Waals surface area contributed by atoms with E-state index in [1.807, 2.05) is 10.8 Å². The van der Waals surface area contributed by atoms with Crippen molar-refractivity contribution in [2.24, 2.45) is 5.73 Å². The first-order valence-corrected chi connectivity index (χ1v) is 7.49. The molecule has 2 aromatic heterocycles. The SMILES string of the molecule is NCCCn1c([C@H]2CC=Cc3[nH]ccc32)cc(=O)[nH]c1=S. The molecular formula is C15H18N4OS. The van der Waals surface area contributed by atoms with Crippen molar-refractivity contribution >= 4 is 18.3 Å². The van der Waals surface area contributed by atoms with Crippen molar-refractivity contribution in [1.29, 1.82) is 0 Å². The Morgan fingerprint density at radius 1 is 1.48 bits per heavy atom. The topological polar surface area (TPSA) is 79.6 Å². The monoisotopic (exact) mass is 302 g/mol. The van der Waals surface area contributed by atoms with Crippen LogP contribution in [0.3, 0.4) is 0 Å². The molecule has 0 amide bonds. The Hall–Kier alpha value is -1.92. The second-order valence-corrected chi connectivity index (χ2v) is 5.58. The lowest BCUT2D eigenvalue weighted by Gasteiger charge is -2.23. The van der Waals surface area contributed by atoms with E-state index in [0.29, 0.717) is 11.3 Å². The number of fused-ring (bicyclic) bond motifs is 1. The highest BCUT2D eigenvalue weighted by Gasteiger charge is 2.22. The summed E-state index contributed by atoms with van der Waals surface area (Å²) in [5.74, 6) is 0.151. The Morgan fingerprint density at radius 2 is 2.33 bits per heavy atom. The fraction of sp³-hybridized carbons (Fsp3) is 0.333. The van der Waals surface area contributed by atoms with Gasteiger partial charge in [0.25, 0.3) is 5.56 Å². The molecule has 21 heavy (non-hydrogen) atoms. The molecule has 1 atom stereocenters. The molecule has 0 aliphatic heterocycles. The summed E-state index contributed by atoms with van der Waals surface area (Å²) in [5.41, 5.74) is 8.73. The smallest absolute Gasteiger partial charge is 0.251 e. The van der Waals surface area contributed by atoms with Crippen LogP contribution < -0.4 is 11.3 Å². The largest absolute Gasteiger partial charge is 0.361 e. The van der Waals surface area contributed by atoms with E-state index in [9.17, 15) is 4.79 Å². The Balaban J connectivity index is 2.12. The number of aromatic amines is 2. The highest BCUT2D eigenvalue weighted by Crippen LogP contribution is 2.34. The summed E-state index contributed by atoms with van der Waals surface area (Å²) in [6, 6.07) is 3.73. The van der Waals surface area contributed by atoms with Gasteiger partial charge < -0.3 is 15.3 Å². The summed E-state index contributed by atoms with van der Waals surface area (Å²) in [5, 5.41) is 0. The minimum Gasteiger partial charge on any atom is -0.361 e. The predicted octanol–water partition coefficient (Wildman–Crippen LogP) is 2.13. The van der Waals surface area contributed by atoms with Gasteiger partial charge in [-0.05, 0) is 49.3 Å². The van der Waals surface area contributed by atoms with Crippen LogP contribution >= 0.6 is 12.2 Å². The lowest BCUT2D eigenvalue weighted by molar-refractivity contribution is 0.574. The van der Waals surface area contributed by atoms with E-state index < -0.39 is 0 Å². The number of H-pyrrole nitrogens is 2. The first kappa shape index (κ1) is 14.0. The van der Waals surface area contributed by atoms with Gasteiger partial charge in [0.05, 0.1) is 0 Å². The summed E-state index contributed by atoms with van der Waals surface area (Å²) < 4.78 is 2.47. The summed E-state index contributed by atoms with van der Waals surface area (Å²) in [4.78, 5) is 17.8. The Morgan fingerprint density at radius 3 is 3.14 bits per heavy atom. The normalized spacial score (nSPS) is 16.9. The van der Waals surface area contributed by atoms with Gasteiger partial charge in [-0.15, -0.1) is 0 Å². The third-order valence-corrected chi connectivity index (χ3v) is 4.18. The van der Waals surface area contributed by atoms with Gasteiger partial charge in [0.2, 0.25) is 0 Å². The van der Waals surface area contributed by atoms with Crippen LogP contribution in [0.25, 0.3) is 6.08 Å². The van der Waals surface area contributed by atoms with Crippen LogP contribution in [-0.2, 0) is 6.54 Å². The predicted molar refractivity (Wildman–Crippen MR) is 85.8 cm³/mol. The van der Waals surface area contributed by atoms with Crippen molar-refractivity contribution in [1.82, 2.24) is 14.5 Å². The van der Waals surface area contributed by atoms with E-state index in [0.717, 1.165) is 30.8 Å². The zero-order chi connectivity index (χ0) is 14.8. The Bertz CT molecular complexity index is 783. The minimum atomic E-state index is -0.148. The Labute approximate surface area is 127 Å². The first-order valence-electron chi connectivity index (χ1n) is 7.08. The molecule has 6 heteroatoms. The summed E-state index contributed by atoms with van der Waals surface area (Å²) in [6.45, 7) is 1.32. The van der Waals surface area contributed by atoms with Crippen molar-refractivity contribution in [3.63, 3.8) is 0 Å². The molecule has 0 bridgehead atoms. The van der Waals surface area contributed by atoms with Gasteiger partial charge in [-0.25, -0.2) is 0 Å². The van der Waals surface area contributed by atoms with Gasteiger partial charge in [-0.2, -0.15) is 0 Å². The molecular weight excluding hydrogens is 284 g/mol. The van der Waals surface area contributed by atoms with Crippen LogP contribution in [-0.4, -0.2) is 21.1 Å². The van der Waals surface area contributed by atoms with Crippen molar-refractivity contribution in [3.05, 3.63) is 56.5 Å². The molecule has 0 unspecified atom stereocenters. The van der Waals surface area contributed by atoms with Gasteiger partial charge >= 0.3 is 0 Å². The molecule has 0 aromatic carbocycles. The summed E-state index contributed by atoms with van der Waals surface area (Å²) in [7, 11) is 0. The van der Waals surface area contributed by atoms with Gasteiger partial charge in [0, 0.05) is 36.1 Å². The van der Waals surface area contributed by atoms with E-state index >= 15 is 0 Å². The van der Waals surface area contributed by atoms with Gasteiger partial charge in [0.1, 0.15) is 0 Å². The molecule has 0 radical (unpaired) electrons. The molecule has 3 rings (SSSR count). The van der Waals surface area contributed by atoms with E-state index in [4.69, 9.17) is 18.0 Å². The van der Waals surface area contributed by atoms with Crippen LogP contribution in [0.15, 0.2) is 29.2 Å². The molecule has 0 saturated carbocycles. The maximum Gasteiger partial charge on any atom is 0.251 e. The highest BCUT2D eigenvalue weighted by molar-refractivity contribution is 7.71. The maximum atomic E-state index is 11.8. The molecule has 0 spiro atoms. The molecule has 1 aliphatic rings. The number of rotatable bonds is 4. The highest BCUT2D eigenvalue weighted by atomic mass is 32.1. The van der Waals surface area contributed by atoms with Crippen molar-refractivity contribution in [2.75, 3.05) is 6.54 Å². The van der Waals surface area contributed by atoms with E-state index in [2.05, 4.69) is 28.2 Å². The summed E-state index contributed by atoms with van der Waals surface area (Å²) >= 11 is 5.33. The second kappa shape index (κ2) is 5.83. The number of nitrogens with two attached hydrogens (primary N) is 1. The maximum absolute atomic E-state index is 11.8. The lowest BCUT2D eigenvalue weighted by Crippen LogP contribution is -2.22. The Kier molecular flexibility index (Phi) is 3.90. The molecule has 0 fully saturated rings. The molecule has 5 nitrogen and oxygen atoms in total. The lowest BCUT2D eigenvalue weighted by atomic mass is 9.88. The van der Waals surface area contributed by atoms with E-state index in [1.54, 1.807) is 6.07 Å². The average molecular weight is 302 g/mol. The molecule has 2 heterocycles. The third-order valence-electron chi connectivity index (χ3n) is 3.85. The number of nitrogens with one attached hydrogen (secondary N) is 2. The van der Waals surface area contributed by atoms with Crippen LogP contribution in [0.1, 0.15) is 35.7 Å². The van der Waals surface area contributed by atoms with Crippen molar-refractivity contribution in [3.8, 4) is 0 Å². The number of hydrogen-bond donors (Lipinski definition) is 3. The number of hydrogen-bond acceptors (Lipinski definition) is 3. The average Bonchev–Trinajstić information content (AvgIpc) is 2.94. The van der Waals surface area contributed by atoms with Crippen LogP contribution in [0, 0.1) is 4.77 Å². The van der Waals surface area contributed by atoms with Gasteiger partial charge in [-0.3, -0.25) is 9.78 Å². The van der Waals surface area contributed by atoms with Gasteiger partial charge in [-0.1, -0.05) is 6.08 Å². The van der Waals surface area contributed by atoms with E-state index in [-0.39, 0.29) is 11.5 Å². The zero-order valence-corrected chi connectivity index (χ0v) is 12.5. The first-order chi connectivity index (χ1) is 10.2. The second-order valence-electron chi connectivity index (χ2n) is 5.19. The number of allylic oxidation sites excluding steroid dienone is 1. The molecule has 110 valence electrons. The molecule has 1 aliphatic carbocycles. The third kappa shape index (κ3) is 2.64. The van der Waals surface area contributed by atoms with Gasteiger partial charge in [0.15, 0.2) is 4.77 Å². The standard InChI is InChI=1S/C15H18N4OS/c16-6-2-8-19-13(9-14(20)18-15(19)21)11-3-1-4-12-10(11)5-7-17-12/h1,4-5,7,9,11,17H,2-3,6,8,16H2,(H,18,20,21)/t11-/m0/s1. The number of aromatic nitrogens is 3. The van der Waals surface area contributed by atoms with E-state index in [1.165, 1.54) is 5.56 Å². The molecule has 0 saturated heterocycles.